The molecule has 6 heteroatoms. The lowest BCUT2D eigenvalue weighted by molar-refractivity contribution is 0.102. The fourth-order valence-corrected chi connectivity index (χ4v) is 3.46. The summed E-state index contributed by atoms with van der Waals surface area (Å²) in [6.07, 6.45) is 5.03. The molecule has 1 amide bonds. The van der Waals surface area contributed by atoms with Crippen molar-refractivity contribution >= 4 is 22.4 Å². The number of thiazole rings is 1. The van der Waals surface area contributed by atoms with Gasteiger partial charge in [0.1, 0.15) is 0 Å². The van der Waals surface area contributed by atoms with E-state index in [-0.39, 0.29) is 5.91 Å². The molecule has 0 unspecified atom stereocenters. The minimum absolute atomic E-state index is 0.195. The first kappa shape index (κ1) is 12.3. The third-order valence-corrected chi connectivity index (χ3v) is 4.39. The van der Waals surface area contributed by atoms with E-state index in [0.29, 0.717) is 16.7 Å². The van der Waals surface area contributed by atoms with Crippen molar-refractivity contribution in [3.8, 4) is 0 Å². The van der Waals surface area contributed by atoms with Crippen LogP contribution in [0.1, 0.15) is 34.4 Å². The third kappa shape index (κ3) is 2.53. The Morgan fingerprint density at radius 1 is 1.58 bits per heavy atom. The average Bonchev–Trinajstić information content (AvgIpc) is 2.94. The topological polar surface area (TPSA) is 59.8 Å². The van der Waals surface area contributed by atoms with Gasteiger partial charge in [0, 0.05) is 18.1 Å². The van der Waals surface area contributed by atoms with Gasteiger partial charge in [-0.05, 0) is 31.2 Å². The normalized spacial score (nSPS) is 18.1. The Labute approximate surface area is 115 Å². The van der Waals surface area contributed by atoms with Gasteiger partial charge in [-0.1, -0.05) is 6.92 Å². The Kier molecular flexibility index (Phi) is 3.10. The minimum Gasteiger partial charge on any atom is -0.296 e. The zero-order valence-corrected chi connectivity index (χ0v) is 11.8. The van der Waals surface area contributed by atoms with Gasteiger partial charge in [-0.15, -0.1) is 11.3 Å². The van der Waals surface area contributed by atoms with Crippen molar-refractivity contribution in [1.29, 1.82) is 0 Å². The Hall–Kier alpha value is -1.69. The van der Waals surface area contributed by atoms with Crippen LogP contribution >= 0.6 is 11.3 Å². The highest BCUT2D eigenvalue weighted by atomic mass is 32.1. The van der Waals surface area contributed by atoms with E-state index in [1.54, 1.807) is 35.3 Å². The van der Waals surface area contributed by atoms with Crippen LogP contribution in [-0.4, -0.2) is 20.7 Å². The van der Waals surface area contributed by atoms with Gasteiger partial charge in [0.15, 0.2) is 10.8 Å². The van der Waals surface area contributed by atoms with Crippen LogP contribution in [0.2, 0.25) is 0 Å². The molecule has 0 aromatic carbocycles. The van der Waals surface area contributed by atoms with Crippen LogP contribution in [0.5, 0.6) is 0 Å². The molecule has 0 saturated heterocycles. The number of amides is 1. The van der Waals surface area contributed by atoms with Gasteiger partial charge >= 0.3 is 0 Å². The van der Waals surface area contributed by atoms with Crippen LogP contribution in [0.15, 0.2) is 12.3 Å². The number of carbonyl (C=O) groups excluding carboxylic acids is 1. The van der Waals surface area contributed by atoms with E-state index in [0.717, 1.165) is 18.5 Å². The molecule has 0 spiro atoms. The predicted molar refractivity (Wildman–Crippen MR) is 74.5 cm³/mol. The predicted octanol–water partition coefficient (Wildman–Crippen LogP) is 2.25. The Morgan fingerprint density at radius 3 is 3.16 bits per heavy atom. The number of carbonyl (C=O) groups is 1. The summed E-state index contributed by atoms with van der Waals surface area (Å²) < 4.78 is 1.61. The summed E-state index contributed by atoms with van der Waals surface area (Å²) in [5.74, 6) is 0.520. The molecule has 0 radical (unpaired) electrons. The highest BCUT2D eigenvalue weighted by Crippen LogP contribution is 2.32. The molecular formula is C13H16N4OS. The zero-order chi connectivity index (χ0) is 13.4. The molecule has 2 heterocycles. The summed E-state index contributed by atoms with van der Waals surface area (Å²) in [5.41, 5.74) is 1.57. The standard InChI is InChI=1S/C13H16N4OS/c1-8-3-4-9-11(7-8)19-13(14-9)15-12(18)10-5-6-17(2)16-10/h5-6,8H,3-4,7H2,1-2H3,(H,14,15,18)/t8-/m1/s1. The second kappa shape index (κ2) is 4.77. The second-order valence-corrected chi connectivity index (χ2v) is 6.15. The van der Waals surface area contributed by atoms with E-state index >= 15 is 0 Å². The van der Waals surface area contributed by atoms with Crippen LogP contribution in [0.3, 0.4) is 0 Å². The molecule has 3 rings (SSSR count). The largest absolute Gasteiger partial charge is 0.296 e. The molecule has 100 valence electrons. The first-order valence-corrected chi connectivity index (χ1v) is 7.23. The van der Waals surface area contributed by atoms with Crippen LogP contribution in [0, 0.1) is 5.92 Å². The molecule has 1 atom stereocenters. The van der Waals surface area contributed by atoms with E-state index < -0.39 is 0 Å². The van der Waals surface area contributed by atoms with Crippen LogP contribution in [0.25, 0.3) is 0 Å². The number of aromatic nitrogens is 3. The van der Waals surface area contributed by atoms with Gasteiger partial charge in [0.25, 0.3) is 5.91 Å². The third-order valence-electron chi connectivity index (χ3n) is 3.35. The molecule has 0 aliphatic heterocycles. The second-order valence-electron chi connectivity index (χ2n) is 5.07. The summed E-state index contributed by atoms with van der Waals surface area (Å²) in [7, 11) is 1.79. The van der Waals surface area contributed by atoms with Crippen LogP contribution in [0.4, 0.5) is 5.13 Å². The van der Waals surface area contributed by atoms with Crippen molar-refractivity contribution in [2.24, 2.45) is 13.0 Å². The van der Waals surface area contributed by atoms with E-state index in [1.807, 2.05) is 0 Å². The van der Waals surface area contributed by atoms with Gasteiger partial charge in [-0.2, -0.15) is 5.10 Å². The summed E-state index contributed by atoms with van der Waals surface area (Å²) in [4.78, 5) is 17.8. The average molecular weight is 276 g/mol. The lowest BCUT2D eigenvalue weighted by Crippen LogP contribution is -2.13. The number of hydrogen-bond acceptors (Lipinski definition) is 4. The molecule has 2 aromatic heterocycles. The Morgan fingerprint density at radius 2 is 2.42 bits per heavy atom. The van der Waals surface area contributed by atoms with Gasteiger partial charge < -0.3 is 0 Å². The van der Waals surface area contributed by atoms with E-state index in [9.17, 15) is 4.79 Å². The number of aryl methyl sites for hydroxylation is 2. The monoisotopic (exact) mass is 276 g/mol. The van der Waals surface area contributed by atoms with E-state index in [4.69, 9.17) is 0 Å². The quantitative estimate of drug-likeness (QED) is 0.915. The molecule has 2 aromatic rings. The Balaban J connectivity index is 1.75. The molecule has 5 nitrogen and oxygen atoms in total. The molecule has 1 aliphatic carbocycles. The van der Waals surface area contributed by atoms with Crippen molar-refractivity contribution in [3.05, 3.63) is 28.5 Å². The van der Waals surface area contributed by atoms with E-state index in [1.165, 1.54) is 11.3 Å². The van der Waals surface area contributed by atoms with Crippen LogP contribution < -0.4 is 5.32 Å². The van der Waals surface area contributed by atoms with E-state index in [2.05, 4.69) is 22.3 Å². The maximum absolute atomic E-state index is 12.0. The zero-order valence-electron chi connectivity index (χ0n) is 11.0. The molecular weight excluding hydrogens is 260 g/mol. The van der Waals surface area contributed by atoms with Gasteiger partial charge in [0.05, 0.1) is 5.69 Å². The molecule has 19 heavy (non-hydrogen) atoms. The lowest BCUT2D eigenvalue weighted by atomic mass is 9.93. The van der Waals surface area contributed by atoms with Gasteiger partial charge in [-0.25, -0.2) is 4.98 Å². The molecule has 1 N–H and O–H groups in total. The minimum atomic E-state index is -0.195. The number of anilines is 1. The van der Waals surface area contributed by atoms with Gasteiger partial charge in [-0.3, -0.25) is 14.8 Å². The molecule has 0 bridgehead atoms. The highest BCUT2D eigenvalue weighted by Gasteiger charge is 2.21. The fourth-order valence-electron chi connectivity index (χ4n) is 2.29. The maximum Gasteiger partial charge on any atom is 0.277 e. The summed E-state index contributed by atoms with van der Waals surface area (Å²) in [6, 6.07) is 1.70. The summed E-state index contributed by atoms with van der Waals surface area (Å²) in [5, 5.41) is 7.61. The SMILES string of the molecule is C[C@@H]1CCc2nc(NC(=O)c3ccn(C)n3)sc2C1. The molecule has 0 fully saturated rings. The Bertz CT molecular complexity index is 616. The van der Waals surface area contributed by atoms with Crippen molar-refractivity contribution in [2.45, 2.75) is 26.2 Å². The summed E-state index contributed by atoms with van der Waals surface area (Å²) in [6.45, 7) is 2.26. The number of nitrogens with one attached hydrogen (secondary N) is 1. The van der Waals surface area contributed by atoms with Crippen molar-refractivity contribution in [1.82, 2.24) is 14.8 Å². The highest BCUT2D eigenvalue weighted by molar-refractivity contribution is 7.15. The van der Waals surface area contributed by atoms with Crippen molar-refractivity contribution < 1.29 is 4.79 Å². The first-order valence-electron chi connectivity index (χ1n) is 6.41. The number of fused-ring (bicyclic) bond motifs is 1. The summed E-state index contributed by atoms with van der Waals surface area (Å²) >= 11 is 1.59. The smallest absolute Gasteiger partial charge is 0.277 e. The lowest BCUT2D eigenvalue weighted by Gasteiger charge is -2.15. The number of rotatable bonds is 2. The van der Waals surface area contributed by atoms with Gasteiger partial charge in [0.2, 0.25) is 0 Å². The number of hydrogen-bond donors (Lipinski definition) is 1. The van der Waals surface area contributed by atoms with Crippen molar-refractivity contribution in [2.75, 3.05) is 5.32 Å². The molecule has 1 aliphatic rings. The number of nitrogens with zero attached hydrogens (tertiary/aromatic N) is 3. The fraction of sp³-hybridized carbons (Fsp3) is 0.462. The molecule has 0 saturated carbocycles. The van der Waals surface area contributed by atoms with Crippen molar-refractivity contribution in [3.63, 3.8) is 0 Å². The first-order chi connectivity index (χ1) is 9.11. The maximum atomic E-state index is 12.0. The van der Waals surface area contributed by atoms with Crippen LogP contribution in [-0.2, 0) is 19.9 Å².